The van der Waals surface area contributed by atoms with Gasteiger partial charge in [-0.25, -0.2) is 24.5 Å². The number of thiazole rings is 1. The van der Waals surface area contributed by atoms with Gasteiger partial charge >= 0.3 is 24.2 Å². The molecule has 0 spiro atoms. The molecule has 1 aliphatic heterocycles. The number of nitrogen functional groups attached to an aromatic ring is 1. The number of aromatic nitrogens is 1. The highest BCUT2D eigenvalue weighted by Gasteiger charge is 2.50. The van der Waals surface area contributed by atoms with Gasteiger partial charge in [-0.15, -0.1) is 11.3 Å². The molecule has 204 valence electrons. The monoisotopic (exact) mass is 543 g/mol. The van der Waals surface area contributed by atoms with E-state index in [-0.39, 0.29) is 10.8 Å². The first kappa shape index (κ1) is 29.4. The van der Waals surface area contributed by atoms with Crippen LogP contribution in [0.4, 0.5) is 5.13 Å². The maximum atomic E-state index is 13.0. The lowest BCUT2D eigenvalue weighted by molar-refractivity contribution is -0.295. The summed E-state index contributed by atoms with van der Waals surface area (Å²) in [6, 6.07) is -1.96. The van der Waals surface area contributed by atoms with Crippen molar-refractivity contribution in [3.8, 4) is 0 Å². The average Bonchev–Trinajstić information content (AvgIpc) is 3.24. The lowest BCUT2D eigenvalue weighted by atomic mass is 9.97. The molecule has 1 aromatic rings. The van der Waals surface area contributed by atoms with Crippen LogP contribution in [0.5, 0.6) is 0 Å². The van der Waals surface area contributed by atoms with Gasteiger partial charge < -0.3 is 30.5 Å². The largest absolute Gasteiger partial charge is 0.478 e. The molecule has 1 aromatic heterocycles. The van der Waals surface area contributed by atoms with Gasteiger partial charge in [0.05, 0.1) is 18.6 Å². The van der Waals surface area contributed by atoms with Gasteiger partial charge in [0.15, 0.2) is 10.8 Å². The van der Waals surface area contributed by atoms with Gasteiger partial charge in [-0.05, 0) is 41.5 Å². The van der Waals surface area contributed by atoms with Gasteiger partial charge in [-0.2, -0.15) is 0 Å². The third kappa shape index (κ3) is 6.91. The number of hydrogen-bond donors (Lipinski definition) is 3. The number of aliphatic carboxylic acids is 1. The Bertz CT molecular complexity index is 1110. The first-order valence-corrected chi connectivity index (χ1v) is 11.7. The number of esters is 2. The smallest absolute Gasteiger partial charge is 0.378 e. The number of carboxylic acids is 1. The Hall–Kier alpha value is -3.79. The summed E-state index contributed by atoms with van der Waals surface area (Å²) in [6.07, 6.45) is -1.86. The van der Waals surface area contributed by atoms with Crippen LogP contribution in [0.3, 0.4) is 0 Å². The molecule has 0 aromatic carbocycles. The molecule has 2 rings (SSSR count). The van der Waals surface area contributed by atoms with E-state index in [1.165, 1.54) is 26.2 Å². The molecular weight excluding hydrogens is 514 g/mol. The second-order valence-corrected chi connectivity index (χ2v) is 10.3. The number of ether oxygens (including phenoxy) is 2. The highest BCUT2D eigenvalue weighted by atomic mass is 32.1. The van der Waals surface area contributed by atoms with Crippen molar-refractivity contribution in [3.05, 3.63) is 11.1 Å². The third-order valence-corrected chi connectivity index (χ3v) is 5.59. The molecule has 16 heteroatoms. The summed E-state index contributed by atoms with van der Waals surface area (Å²) in [5.74, 6) is -4.86. The van der Waals surface area contributed by atoms with E-state index in [1.807, 2.05) is 0 Å². The Balaban J connectivity index is 2.17. The van der Waals surface area contributed by atoms with Gasteiger partial charge in [-0.1, -0.05) is 5.16 Å². The van der Waals surface area contributed by atoms with Gasteiger partial charge in [0.2, 0.25) is 5.60 Å². The Kier molecular flexibility index (Phi) is 8.82. The standard InChI is InChI=1S/C21H29N5O10S/c1-9-11(14(28)26(9)35-16(15(29)33-7)34-18(32)20(2,3)4)24-13(27)12(10-8-37-19(22)23-10)25-36-21(5,6)17(30)31/h8-9,11,16H,1-7H3,(H2,22,23)(H,24,27)(H,30,31)/b25-12-/t9-,11-,16?/m0/s1. The van der Waals surface area contributed by atoms with Crippen molar-refractivity contribution in [2.45, 2.75) is 65.5 Å². The minimum atomic E-state index is -1.86. The number of carboxylic acid groups (broad SMARTS) is 1. The quantitative estimate of drug-likeness (QED) is 0.117. The number of hydrogen-bond acceptors (Lipinski definition) is 13. The number of carbonyl (C=O) groups is 5. The Morgan fingerprint density at radius 2 is 1.86 bits per heavy atom. The summed E-state index contributed by atoms with van der Waals surface area (Å²) in [5, 5.41) is 17.6. The molecule has 0 bridgehead atoms. The van der Waals surface area contributed by atoms with E-state index >= 15 is 0 Å². The highest BCUT2D eigenvalue weighted by Crippen LogP contribution is 2.24. The number of nitrogens with two attached hydrogens (primary N) is 1. The maximum Gasteiger partial charge on any atom is 0.378 e. The molecule has 1 saturated heterocycles. The lowest BCUT2D eigenvalue weighted by Crippen LogP contribution is -2.70. The molecule has 2 amide bonds. The van der Waals surface area contributed by atoms with Crippen LogP contribution >= 0.6 is 11.3 Å². The first-order chi connectivity index (χ1) is 17.0. The Morgan fingerprint density at radius 1 is 1.24 bits per heavy atom. The molecule has 15 nitrogen and oxygen atoms in total. The molecule has 3 atom stereocenters. The molecular formula is C21H29N5O10S. The Morgan fingerprint density at radius 3 is 2.32 bits per heavy atom. The van der Waals surface area contributed by atoms with Crippen LogP contribution in [0.1, 0.15) is 47.2 Å². The number of nitrogens with one attached hydrogen (secondary N) is 1. The second kappa shape index (κ2) is 11.1. The fourth-order valence-corrected chi connectivity index (χ4v) is 3.07. The summed E-state index contributed by atoms with van der Waals surface area (Å²) in [5.41, 5.74) is 2.45. The van der Waals surface area contributed by atoms with Crippen LogP contribution < -0.4 is 11.1 Å². The fourth-order valence-electron chi connectivity index (χ4n) is 2.52. The van der Waals surface area contributed by atoms with Crippen molar-refractivity contribution < 1.29 is 48.2 Å². The van der Waals surface area contributed by atoms with Crippen molar-refractivity contribution in [3.63, 3.8) is 0 Å². The number of amides is 2. The van der Waals surface area contributed by atoms with Crippen molar-refractivity contribution in [1.82, 2.24) is 15.4 Å². The van der Waals surface area contributed by atoms with E-state index in [9.17, 15) is 29.1 Å². The minimum absolute atomic E-state index is 0.00596. The highest BCUT2D eigenvalue weighted by molar-refractivity contribution is 7.13. The zero-order valence-electron chi connectivity index (χ0n) is 21.3. The van der Waals surface area contributed by atoms with Crippen molar-refractivity contribution in [1.29, 1.82) is 0 Å². The topological polar surface area (TPSA) is 209 Å². The molecule has 37 heavy (non-hydrogen) atoms. The molecule has 0 saturated carbocycles. The first-order valence-electron chi connectivity index (χ1n) is 10.8. The van der Waals surface area contributed by atoms with Crippen molar-refractivity contribution in [2.24, 2.45) is 10.6 Å². The molecule has 0 radical (unpaired) electrons. The number of β-lactam (4-membered cyclic amide) rings is 1. The van der Waals surface area contributed by atoms with Crippen LogP contribution in [0.15, 0.2) is 10.5 Å². The molecule has 0 aliphatic carbocycles. The number of hydroxylamine groups is 2. The number of nitrogens with zero attached hydrogens (tertiary/aromatic N) is 3. The van der Waals surface area contributed by atoms with Gasteiger partial charge in [0.1, 0.15) is 11.7 Å². The normalized spacial score (nSPS) is 18.9. The second-order valence-electron chi connectivity index (χ2n) is 9.39. The minimum Gasteiger partial charge on any atom is -0.478 e. The van der Waals surface area contributed by atoms with Crippen molar-refractivity contribution in [2.75, 3.05) is 12.8 Å². The number of methoxy groups -OCH3 is 1. The molecule has 4 N–H and O–H groups in total. The molecule has 2 heterocycles. The maximum absolute atomic E-state index is 13.0. The summed E-state index contributed by atoms with van der Waals surface area (Å²) >= 11 is 1.00. The molecule has 1 aliphatic rings. The van der Waals surface area contributed by atoms with Gasteiger partial charge in [0, 0.05) is 5.38 Å². The number of carbonyl (C=O) groups excluding carboxylic acids is 4. The van der Waals surface area contributed by atoms with Crippen LogP contribution in [-0.4, -0.2) is 81.7 Å². The van der Waals surface area contributed by atoms with Gasteiger partial charge in [0.25, 0.3) is 11.8 Å². The van der Waals surface area contributed by atoms with Crippen molar-refractivity contribution >= 4 is 51.9 Å². The molecule has 1 unspecified atom stereocenters. The van der Waals surface area contributed by atoms with Crippen LogP contribution in [0.2, 0.25) is 0 Å². The van der Waals surface area contributed by atoms with Crippen LogP contribution in [0, 0.1) is 5.41 Å². The zero-order chi connectivity index (χ0) is 28.3. The van der Waals surface area contributed by atoms with E-state index in [2.05, 4.69) is 20.2 Å². The number of oxime groups is 1. The van der Waals surface area contributed by atoms with E-state index in [4.69, 9.17) is 20.1 Å². The predicted octanol–water partition coefficient (Wildman–Crippen LogP) is 0.0447. The van der Waals surface area contributed by atoms with E-state index in [0.717, 1.165) is 23.5 Å². The number of rotatable bonds is 10. The van der Waals surface area contributed by atoms with Crippen LogP contribution in [0.25, 0.3) is 0 Å². The third-order valence-electron chi connectivity index (χ3n) is 4.91. The predicted molar refractivity (Wildman–Crippen MR) is 127 cm³/mol. The summed E-state index contributed by atoms with van der Waals surface area (Å²) in [6.45, 7) is 8.62. The Labute approximate surface area is 215 Å². The lowest BCUT2D eigenvalue weighted by Gasteiger charge is -2.44. The number of anilines is 1. The SMILES string of the molecule is COC(=O)C(OC(=O)C(C)(C)C)ON1C(=O)[C@@H](NC(=O)/C(=N\OC(C)(C)C(=O)O)c2csc(N)n2)[C@@H]1C. The fraction of sp³-hybridized carbons (Fsp3) is 0.571. The summed E-state index contributed by atoms with van der Waals surface area (Å²) in [4.78, 5) is 75.5. The average molecular weight is 544 g/mol. The van der Waals surface area contributed by atoms with E-state index in [0.29, 0.717) is 0 Å². The summed E-state index contributed by atoms with van der Waals surface area (Å²) in [7, 11) is 1.05. The van der Waals surface area contributed by atoms with E-state index in [1.54, 1.807) is 20.8 Å². The zero-order valence-corrected chi connectivity index (χ0v) is 22.1. The summed E-state index contributed by atoms with van der Waals surface area (Å²) < 4.78 is 9.62. The van der Waals surface area contributed by atoms with Gasteiger partial charge in [-0.3, -0.25) is 14.4 Å². The van der Waals surface area contributed by atoms with E-state index < -0.39 is 64.8 Å². The van der Waals surface area contributed by atoms with Crippen LogP contribution in [-0.2, 0) is 43.1 Å². The molecule has 1 fully saturated rings.